The highest BCUT2D eigenvalue weighted by molar-refractivity contribution is 5.30. The van der Waals surface area contributed by atoms with Crippen molar-refractivity contribution in [2.24, 2.45) is 0 Å². The van der Waals surface area contributed by atoms with E-state index in [0.29, 0.717) is 0 Å². The predicted octanol–water partition coefficient (Wildman–Crippen LogP) is 1.89. The van der Waals surface area contributed by atoms with E-state index in [-0.39, 0.29) is 0 Å². The van der Waals surface area contributed by atoms with Crippen molar-refractivity contribution in [2.75, 3.05) is 18.9 Å². The zero-order valence-electron chi connectivity index (χ0n) is 10.1. The Hall–Kier alpha value is -1.16. The highest BCUT2D eigenvalue weighted by Gasteiger charge is 2.26. The van der Waals surface area contributed by atoms with Crippen LogP contribution in [0.2, 0.25) is 0 Å². The Balaban J connectivity index is 1.85. The highest BCUT2D eigenvalue weighted by atomic mass is 15.2. The maximum absolute atomic E-state index is 4.42. The molecule has 1 aliphatic carbocycles. The Labute approximate surface area is 97.1 Å². The van der Waals surface area contributed by atoms with Gasteiger partial charge in [0, 0.05) is 19.1 Å². The number of nitrogens with one attached hydrogen (secondary N) is 1. The van der Waals surface area contributed by atoms with E-state index in [2.05, 4.69) is 34.2 Å². The average molecular weight is 220 g/mol. The van der Waals surface area contributed by atoms with Crippen LogP contribution in [0.25, 0.3) is 0 Å². The first-order valence-corrected chi connectivity index (χ1v) is 6.04. The van der Waals surface area contributed by atoms with Crippen molar-refractivity contribution in [1.29, 1.82) is 0 Å². The summed E-state index contributed by atoms with van der Waals surface area (Å²) in [5, 5.41) is 3.22. The van der Waals surface area contributed by atoms with Gasteiger partial charge in [0.2, 0.25) is 0 Å². The molecule has 16 heavy (non-hydrogen) atoms. The molecule has 0 atom stereocenters. The van der Waals surface area contributed by atoms with Gasteiger partial charge in [-0.15, -0.1) is 0 Å². The number of hydrogen-bond acceptors (Lipinski definition) is 4. The number of aromatic nitrogens is 2. The minimum absolute atomic E-state index is 0.777. The first kappa shape index (κ1) is 11.3. The molecular formula is C12H20N4. The van der Waals surface area contributed by atoms with E-state index in [1.165, 1.54) is 12.8 Å². The molecule has 0 unspecified atom stereocenters. The summed E-state index contributed by atoms with van der Waals surface area (Å²) in [6, 6.07) is 0.777. The minimum atomic E-state index is 0.777. The Bertz CT molecular complexity index is 318. The monoisotopic (exact) mass is 220 g/mol. The van der Waals surface area contributed by atoms with Gasteiger partial charge in [0.1, 0.15) is 5.82 Å². The van der Waals surface area contributed by atoms with Gasteiger partial charge in [-0.1, -0.05) is 6.92 Å². The van der Waals surface area contributed by atoms with Gasteiger partial charge >= 0.3 is 0 Å². The smallest absolute Gasteiger partial charge is 0.144 e. The lowest BCUT2D eigenvalue weighted by atomic mass is 10.4. The van der Waals surface area contributed by atoms with E-state index in [1.54, 1.807) is 0 Å². The molecule has 2 rings (SSSR count). The van der Waals surface area contributed by atoms with Crippen molar-refractivity contribution >= 4 is 5.82 Å². The molecule has 1 saturated carbocycles. The Morgan fingerprint density at radius 2 is 2.19 bits per heavy atom. The van der Waals surface area contributed by atoms with Crippen molar-refractivity contribution in [1.82, 2.24) is 14.9 Å². The zero-order chi connectivity index (χ0) is 11.4. The Morgan fingerprint density at radius 3 is 2.75 bits per heavy atom. The second kappa shape index (κ2) is 5.25. The number of anilines is 1. The summed E-state index contributed by atoms with van der Waals surface area (Å²) in [5.74, 6) is 0.875. The standard InChI is InChI=1S/C12H20N4/c1-3-6-13-12-8-14-10(7-15-12)9-16(2)11-4-5-11/h7-8,11H,3-6,9H2,1-2H3,(H,13,15). The van der Waals surface area contributed by atoms with Crippen molar-refractivity contribution in [3.05, 3.63) is 18.1 Å². The molecule has 1 aromatic rings. The third kappa shape index (κ3) is 3.17. The second-order valence-electron chi connectivity index (χ2n) is 4.47. The summed E-state index contributed by atoms with van der Waals surface area (Å²) in [6.45, 7) is 4.00. The van der Waals surface area contributed by atoms with E-state index < -0.39 is 0 Å². The highest BCUT2D eigenvalue weighted by Crippen LogP contribution is 2.26. The lowest BCUT2D eigenvalue weighted by molar-refractivity contribution is 0.312. The van der Waals surface area contributed by atoms with Crippen LogP contribution in [0, 0.1) is 0 Å². The lowest BCUT2D eigenvalue weighted by Crippen LogP contribution is -2.20. The van der Waals surface area contributed by atoms with Gasteiger partial charge in [0.25, 0.3) is 0 Å². The number of nitrogens with zero attached hydrogens (tertiary/aromatic N) is 3. The third-order valence-electron chi connectivity index (χ3n) is 2.84. The first-order valence-electron chi connectivity index (χ1n) is 6.04. The molecular weight excluding hydrogens is 200 g/mol. The maximum atomic E-state index is 4.42. The molecule has 88 valence electrons. The molecule has 1 aliphatic rings. The van der Waals surface area contributed by atoms with E-state index in [9.17, 15) is 0 Å². The molecule has 4 nitrogen and oxygen atoms in total. The molecule has 1 N–H and O–H groups in total. The van der Waals surface area contributed by atoms with Crippen molar-refractivity contribution in [3.63, 3.8) is 0 Å². The molecule has 0 saturated heterocycles. The van der Waals surface area contributed by atoms with Crippen LogP contribution in [0.15, 0.2) is 12.4 Å². The molecule has 4 heteroatoms. The van der Waals surface area contributed by atoms with Gasteiger partial charge in [0.05, 0.1) is 18.1 Å². The summed E-state index contributed by atoms with van der Waals surface area (Å²) >= 11 is 0. The Kier molecular flexibility index (Phi) is 3.72. The number of rotatable bonds is 6. The van der Waals surface area contributed by atoms with Gasteiger partial charge in [-0.2, -0.15) is 0 Å². The SMILES string of the molecule is CCCNc1cnc(CN(C)C2CC2)cn1. The van der Waals surface area contributed by atoms with Crippen LogP contribution in [0.3, 0.4) is 0 Å². The van der Waals surface area contributed by atoms with Gasteiger partial charge in [-0.3, -0.25) is 9.88 Å². The predicted molar refractivity (Wildman–Crippen MR) is 65.3 cm³/mol. The minimum Gasteiger partial charge on any atom is -0.369 e. The third-order valence-corrected chi connectivity index (χ3v) is 2.84. The van der Waals surface area contributed by atoms with Gasteiger partial charge in [0.15, 0.2) is 0 Å². The van der Waals surface area contributed by atoms with Crippen LogP contribution in [0.1, 0.15) is 31.9 Å². The molecule has 1 fully saturated rings. The van der Waals surface area contributed by atoms with Crippen molar-refractivity contribution in [2.45, 2.75) is 38.8 Å². The fraction of sp³-hybridized carbons (Fsp3) is 0.667. The van der Waals surface area contributed by atoms with Crippen LogP contribution in [0.4, 0.5) is 5.82 Å². The van der Waals surface area contributed by atoms with E-state index in [4.69, 9.17) is 0 Å². The van der Waals surface area contributed by atoms with Crippen LogP contribution in [-0.4, -0.2) is 34.5 Å². The van der Waals surface area contributed by atoms with E-state index in [0.717, 1.165) is 37.1 Å². The van der Waals surface area contributed by atoms with E-state index in [1.807, 2.05) is 12.4 Å². The van der Waals surface area contributed by atoms with Crippen LogP contribution in [0.5, 0.6) is 0 Å². The first-order chi connectivity index (χ1) is 7.79. The summed E-state index contributed by atoms with van der Waals surface area (Å²) < 4.78 is 0. The van der Waals surface area contributed by atoms with Crippen LogP contribution < -0.4 is 5.32 Å². The molecule has 0 spiro atoms. The molecule has 0 amide bonds. The van der Waals surface area contributed by atoms with Crippen LogP contribution >= 0.6 is 0 Å². The zero-order valence-corrected chi connectivity index (χ0v) is 10.1. The van der Waals surface area contributed by atoms with Crippen LogP contribution in [-0.2, 0) is 6.54 Å². The van der Waals surface area contributed by atoms with Crippen molar-refractivity contribution in [3.8, 4) is 0 Å². The largest absolute Gasteiger partial charge is 0.369 e. The number of hydrogen-bond donors (Lipinski definition) is 1. The second-order valence-corrected chi connectivity index (χ2v) is 4.47. The molecule has 1 aromatic heterocycles. The molecule has 1 heterocycles. The fourth-order valence-corrected chi connectivity index (χ4v) is 1.68. The fourth-order valence-electron chi connectivity index (χ4n) is 1.68. The summed E-state index contributed by atoms with van der Waals surface area (Å²) in [7, 11) is 2.16. The average Bonchev–Trinajstić information content (AvgIpc) is 3.12. The lowest BCUT2D eigenvalue weighted by Gasteiger charge is -2.14. The maximum Gasteiger partial charge on any atom is 0.144 e. The quantitative estimate of drug-likeness (QED) is 0.795. The molecule has 0 aromatic carbocycles. The topological polar surface area (TPSA) is 41.1 Å². The molecule has 0 aliphatic heterocycles. The van der Waals surface area contributed by atoms with Gasteiger partial charge < -0.3 is 5.32 Å². The summed E-state index contributed by atoms with van der Waals surface area (Å²) in [4.78, 5) is 11.1. The van der Waals surface area contributed by atoms with E-state index >= 15 is 0 Å². The van der Waals surface area contributed by atoms with Crippen molar-refractivity contribution < 1.29 is 0 Å². The normalized spacial score (nSPS) is 15.4. The molecule has 0 bridgehead atoms. The van der Waals surface area contributed by atoms with Gasteiger partial charge in [-0.05, 0) is 26.3 Å². The van der Waals surface area contributed by atoms with Gasteiger partial charge in [-0.25, -0.2) is 4.98 Å². The Morgan fingerprint density at radius 1 is 1.38 bits per heavy atom. The summed E-state index contributed by atoms with van der Waals surface area (Å²) in [5.41, 5.74) is 1.05. The summed E-state index contributed by atoms with van der Waals surface area (Å²) in [6.07, 6.45) is 7.47. The molecule has 0 radical (unpaired) electrons.